The van der Waals surface area contributed by atoms with Gasteiger partial charge in [0.1, 0.15) is 0 Å². The molecule has 0 aliphatic heterocycles. The zero-order chi connectivity index (χ0) is 19.4. The van der Waals surface area contributed by atoms with E-state index in [1.165, 1.54) is 25.7 Å². The van der Waals surface area contributed by atoms with Gasteiger partial charge < -0.3 is 15.5 Å². The van der Waals surface area contributed by atoms with Crippen molar-refractivity contribution in [3.05, 3.63) is 16.1 Å². The second-order valence-electron chi connectivity index (χ2n) is 6.37. The van der Waals surface area contributed by atoms with Crippen molar-refractivity contribution in [3.8, 4) is 0 Å². The van der Waals surface area contributed by atoms with Crippen molar-refractivity contribution >= 4 is 17.3 Å². The van der Waals surface area contributed by atoms with Crippen LogP contribution in [0.25, 0.3) is 0 Å². The molecule has 0 radical (unpaired) electrons. The molecule has 0 spiro atoms. The third kappa shape index (κ3) is 9.96. The normalized spacial score (nSPS) is 12.7. The molecule has 0 amide bonds. The Labute approximate surface area is 158 Å². The fourth-order valence-corrected chi connectivity index (χ4v) is 3.16. The lowest BCUT2D eigenvalue weighted by atomic mass is 10.1. The van der Waals surface area contributed by atoms with Gasteiger partial charge in [0.05, 0.1) is 5.01 Å². The number of alkyl halides is 3. The number of thiazole rings is 1. The zero-order valence-corrected chi connectivity index (χ0v) is 16.6. The standard InChI is InChI=1S/C17H30F3N5S/c1-21-16(22-10-7-5-4-6-8-12-25(2)3)23-11-9-15-24-14(13-26-15)17(18,19)20/h13H,4-12H2,1-3H3,(H2,21,22,23). The van der Waals surface area contributed by atoms with Gasteiger partial charge >= 0.3 is 6.18 Å². The maximum absolute atomic E-state index is 12.5. The molecule has 5 nitrogen and oxygen atoms in total. The van der Waals surface area contributed by atoms with Crippen LogP contribution in [-0.2, 0) is 12.6 Å². The van der Waals surface area contributed by atoms with E-state index in [2.05, 4.69) is 39.6 Å². The van der Waals surface area contributed by atoms with Gasteiger partial charge in [-0.3, -0.25) is 4.99 Å². The maximum atomic E-state index is 12.5. The molecule has 0 aliphatic rings. The topological polar surface area (TPSA) is 52.6 Å². The Morgan fingerprint density at radius 2 is 1.77 bits per heavy atom. The molecule has 0 fully saturated rings. The summed E-state index contributed by atoms with van der Waals surface area (Å²) in [5.74, 6) is 0.671. The van der Waals surface area contributed by atoms with Crippen molar-refractivity contribution in [3.63, 3.8) is 0 Å². The van der Waals surface area contributed by atoms with E-state index in [-0.39, 0.29) is 0 Å². The Morgan fingerprint density at radius 1 is 1.12 bits per heavy atom. The SMILES string of the molecule is CN=C(NCCCCCCCN(C)C)NCCc1nc(C(F)(F)F)cs1. The smallest absolute Gasteiger partial charge is 0.356 e. The van der Waals surface area contributed by atoms with E-state index in [0.717, 1.165) is 36.2 Å². The van der Waals surface area contributed by atoms with Crippen LogP contribution >= 0.6 is 11.3 Å². The molecule has 0 saturated carbocycles. The molecule has 26 heavy (non-hydrogen) atoms. The monoisotopic (exact) mass is 393 g/mol. The van der Waals surface area contributed by atoms with Crippen LogP contribution in [-0.4, -0.2) is 56.6 Å². The van der Waals surface area contributed by atoms with Gasteiger partial charge in [0, 0.05) is 31.9 Å². The van der Waals surface area contributed by atoms with Crippen molar-refractivity contribution in [2.24, 2.45) is 4.99 Å². The highest BCUT2D eigenvalue weighted by molar-refractivity contribution is 7.09. The second kappa shape index (κ2) is 12.1. The number of hydrogen-bond acceptors (Lipinski definition) is 4. The maximum Gasteiger partial charge on any atom is 0.434 e. The Morgan fingerprint density at radius 3 is 2.38 bits per heavy atom. The lowest BCUT2D eigenvalue weighted by molar-refractivity contribution is -0.140. The summed E-state index contributed by atoms with van der Waals surface area (Å²) in [4.78, 5) is 9.94. The van der Waals surface area contributed by atoms with Crippen LogP contribution in [0.2, 0.25) is 0 Å². The number of guanidine groups is 1. The first-order valence-electron chi connectivity index (χ1n) is 8.93. The van der Waals surface area contributed by atoms with Gasteiger partial charge in [-0.15, -0.1) is 11.3 Å². The average Bonchev–Trinajstić information content (AvgIpc) is 3.04. The van der Waals surface area contributed by atoms with E-state index >= 15 is 0 Å². The number of hydrogen-bond donors (Lipinski definition) is 2. The predicted molar refractivity (Wildman–Crippen MR) is 102 cm³/mol. The Hall–Kier alpha value is -1.35. The molecule has 0 bridgehead atoms. The largest absolute Gasteiger partial charge is 0.434 e. The van der Waals surface area contributed by atoms with E-state index in [4.69, 9.17) is 0 Å². The van der Waals surface area contributed by atoms with Crippen LogP contribution in [0.15, 0.2) is 10.4 Å². The van der Waals surface area contributed by atoms with Crippen molar-refractivity contribution in [2.45, 2.75) is 44.7 Å². The van der Waals surface area contributed by atoms with Crippen molar-refractivity contribution in [1.29, 1.82) is 0 Å². The van der Waals surface area contributed by atoms with E-state index in [0.29, 0.717) is 23.9 Å². The molecule has 1 rings (SSSR count). The molecule has 1 aromatic rings. The number of aliphatic imine (C=N–C) groups is 1. The lowest BCUT2D eigenvalue weighted by Gasteiger charge is -2.11. The predicted octanol–water partition coefficient (Wildman–Crippen LogP) is 3.38. The number of rotatable bonds is 11. The summed E-state index contributed by atoms with van der Waals surface area (Å²) in [5, 5.41) is 7.86. The van der Waals surface area contributed by atoms with Crippen LogP contribution in [0.4, 0.5) is 13.2 Å². The van der Waals surface area contributed by atoms with E-state index in [1.54, 1.807) is 7.05 Å². The molecular formula is C17H30F3N5S. The van der Waals surface area contributed by atoms with Gasteiger partial charge in [0.25, 0.3) is 0 Å². The highest BCUT2D eigenvalue weighted by Gasteiger charge is 2.33. The molecule has 9 heteroatoms. The summed E-state index contributed by atoms with van der Waals surface area (Å²) < 4.78 is 37.5. The van der Waals surface area contributed by atoms with Crippen molar-refractivity contribution in [1.82, 2.24) is 20.5 Å². The number of aromatic nitrogens is 1. The Balaban J connectivity index is 2.11. The second-order valence-corrected chi connectivity index (χ2v) is 7.31. The van der Waals surface area contributed by atoms with Gasteiger partial charge in [-0.1, -0.05) is 19.3 Å². The van der Waals surface area contributed by atoms with Crippen LogP contribution in [0.5, 0.6) is 0 Å². The Kier molecular flexibility index (Phi) is 10.6. The van der Waals surface area contributed by atoms with Gasteiger partial charge in [0.15, 0.2) is 11.7 Å². The number of halogens is 3. The van der Waals surface area contributed by atoms with E-state index < -0.39 is 11.9 Å². The van der Waals surface area contributed by atoms with Gasteiger partial charge in [-0.05, 0) is 33.5 Å². The summed E-state index contributed by atoms with van der Waals surface area (Å²) in [6, 6.07) is 0. The minimum absolute atomic E-state index is 0.438. The van der Waals surface area contributed by atoms with Crippen molar-refractivity contribution < 1.29 is 13.2 Å². The molecular weight excluding hydrogens is 363 g/mol. The highest BCUT2D eigenvalue weighted by atomic mass is 32.1. The van der Waals surface area contributed by atoms with Crippen LogP contribution in [0.1, 0.15) is 42.8 Å². The fourth-order valence-electron chi connectivity index (χ4n) is 2.35. The van der Waals surface area contributed by atoms with Crippen molar-refractivity contribution in [2.75, 3.05) is 40.8 Å². The summed E-state index contributed by atoms with van der Waals surface area (Å²) in [6.07, 6.45) is 2.03. The quantitative estimate of drug-likeness (QED) is 0.344. The molecule has 0 unspecified atom stereocenters. The lowest BCUT2D eigenvalue weighted by Crippen LogP contribution is -2.38. The number of nitrogens with one attached hydrogen (secondary N) is 2. The molecule has 2 N–H and O–H groups in total. The zero-order valence-electron chi connectivity index (χ0n) is 15.8. The minimum atomic E-state index is -4.37. The first kappa shape index (κ1) is 22.7. The molecule has 1 aromatic heterocycles. The summed E-state index contributed by atoms with van der Waals surface area (Å²) in [6.45, 7) is 2.47. The van der Waals surface area contributed by atoms with E-state index in [1.807, 2.05) is 0 Å². The van der Waals surface area contributed by atoms with Crippen LogP contribution in [0, 0.1) is 0 Å². The van der Waals surface area contributed by atoms with Crippen LogP contribution in [0.3, 0.4) is 0 Å². The molecule has 0 aliphatic carbocycles. The first-order chi connectivity index (χ1) is 12.3. The Bertz CT molecular complexity index is 529. The molecule has 0 saturated heterocycles. The minimum Gasteiger partial charge on any atom is -0.356 e. The van der Waals surface area contributed by atoms with Crippen LogP contribution < -0.4 is 10.6 Å². The third-order valence-corrected chi connectivity index (χ3v) is 4.68. The molecule has 1 heterocycles. The highest BCUT2D eigenvalue weighted by Crippen LogP contribution is 2.29. The molecule has 0 atom stereocenters. The summed E-state index contributed by atoms with van der Waals surface area (Å²) in [7, 11) is 5.86. The number of nitrogens with zero attached hydrogens (tertiary/aromatic N) is 3. The average molecular weight is 394 g/mol. The third-order valence-electron chi connectivity index (χ3n) is 3.77. The van der Waals surface area contributed by atoms with E-state index in [9.17, 15) is 13.2 Å². The first-order valence-corrected chi connectivity index (χ1v) is 9.81. The summed E-state index contributed by atoms with van der Waals surface area (Å²) in [5.41, 5.74) is -0.814. The fraction of sp³-hybridized carbons (Fsp3) is 0.765. The molecule has 0 aromatic carbocycles. The van der Waals surface area contributed by atoms with Gasteiger partial charge in [-0.25, -0.2) is 4.98 Å². The summed E-state index contributed by atoms with van der Waals surface area (Å²) >= 11 is 1.03. The van der Waals surface area contributed by atoms with Gasteiger partial charge in [-0.2, -0.15) is 13.2 Å². The number of unbranched alkanes of at least 4 members (excludes halogenated alkanes) is 4. The molecule has 150 valence electrons. The van der Waals surface area contributed by atoms with Gasteiger partial charge in [0.2, 0.25) is 0 Å².